The van der Waals surface area contributed by atoms with Crippen molar-refractivity contribution in [1.29, 1.82) is 0 Å². The number of aryl methyl sites for hydroxylation is 1. The van der Waals surface area contributed by atoms with Crippen LogP contribution in [0.1, 0.15) is 24.1 Å². The lowest BCUT2D eigenvalue weighted by atomic mass is 10.0. The van der Waals surface area contributed by atoms with Crippen molar-refractivity contribution in [2.24, 2.45) is 5.73 Å². The molecular weight excluding hydrogens is 200 g/mol. The Morgan fingerprint density at radius 2 is 2.06 bits per heavy atom. The van der Waals surface area contributed by atoms with E-state index in [1.54, 1.807) is 0 Å². The van der Waals surface area contributed by atoms with Crippen LogP contribution in [0.25, 0.3) is 0 Å². The van der Waals surface area contributed by atoms with Gasteiger partial charge in [0.15, 0.2) is 0 Å². The van der Waals surface area contributed by atoms with E-state index >= 15 is 0 Å². The van der Waals surface area contributed by atoms with Crippen LogP contribution in [-0.2, 0) is 0 Å². The molecule has 0 amide bonds. The first kappa shape index (κ1) is 13.0. The second-order valence-electron chi connectivity index (χ2n) is 4.33. The van der Waals surface area contributed by atoms with Crippen molar-refractivity contribution >= 4 is 0 Å². The molecule has 1 unspecified atom stereocenters. The van der Waals surface area contributed by atoms with Crippen LogP contribution >= 0.6 is 0 Å². The molecule has 0 radical (unpaired) electrons. The van der Waals surface area contributed by atoms with Crippen molar-refractivity contribution in [2.45, 2.75) is 19.9 Å². The van der Waals surface area contributed by atoms with Gasteiger partial charge in [0.1, 0.15) is 5.75 Å². The van der Waals surface area contributed by atoms with Crippen LogP contribution < -0.4 is 10.5 Å². The van der Waals surface area contributed by atoms with Gasteiger partial charge in [-0.2, -0.15) is 0 Å². The van der Waals surface area contributed by atoms with E-state index in [0.717, 1.165) is 23.4 Å². The molecule has 0 heterocycles. The molecule has 90 valence electrons. The molecule has 0 bridgehead atoms. The lowest BCUT2D eigenvalue weighted by Crippen LogP contribution is -2.26. The highest BCUT2D eigenvalue weighted by Crippen LogP contribution is 2.22. The summed E-state index contributed by atoms with van der Waals surface area (Å²) in [5.41, 5.74) is 8.41. The van der Waals surface area contributed by atoms with Gasteiger partial charge in [-0.25, -0.2) is 0 Å². The molecule has 0 saturated carbocycles. The van der Waals surface area contributed by atoms with Crippen LogP contribution in [-0.4, -0.2) is 32.1 Å². The van der Waals surface area contributed by atoms with E-state index in [1.807, 2.05) is 33.2 Å². The van der Waals surface area contributed by atoms with Gasteiger partial charge in [0.25, 0.3) is 0 Å². The van der Waals surface area contributed by atoms with Gasteiger partial charge in [-0.05, 0) is 45.1 Å². The predicted octanol–water partition coefficient (Wildman–Crippen LogP) is 1.96. The van der Waals surface area contributed by atoms with Crippen LogP contribution in [0.3, 0.4) is 0 Å². The zero-order chi connectivity index (χ0) is 12.1. The van der Waals surface area contributed by atoms with Gasteiger partial charge in [0.2, 0.25) is 0 Å². The first-order valence-electron chi connectivity index (χ1n) is 5.68. The molecule has 1 aromatic carbocycles. The van der Waals surface area contributed by atoms with Gasteiger partial charge in [0.05, 0.1) is 6.61 Å². The lowest BCUT2D eigenvalue weighted by molar-refractivity contribution is 0.337. The third-order valence-corrected chi connectivity index (χ3v) is 2.49. The first-order valence-corrected chi connectivity index (χ1v) is 5.68. The van der Waals surface area contributed by atoms with Crippen molar-refractivity contribution in [3.8, 4) is 5.75 Å². The fourth-order valence-corrected chi connectivity index (χ4v) is 1.72. The summed E-state index contributed by atoms with van der Waals surface area (Å²) in [6.07, 6.45) is 0. The monoisotopic (exact) mass is 222 g/mol. The Morgan fingerprint density at radius 3 is 2.56 bits per heavy atom. The number of likely N-dealkylation sites (N-methyl/N-ethyl adjacent to an activating group) is 1. The van der Waals surface area contributed by atoms with Gasteiger partial charge in [0, 0.05) is 12.6 Å². The third-order valence-electron chi connectivity index (χ3n) is 2.49. The Hall–Kier alpha value is -1.06. The van der Waals surface area contributed by atoms with Crippen molar-refractivity contribution in [3.05, 3.63) is 29.3 Å². The van der Waals surface area contributed by atoms with Gasteiger partial charge in [-0.15, -0.1) is 0 Å². The fourth-order valence-electron chi connectivity index (χ4n) is 1.72. The van der Waals surface area contributed by atoms with Crippen LogP contribution in [0.4, 0.5) is 0 Å². The summed E-state index contributed by atoms with van der Waals surface area (Å²) < 4.78 is 5.50. The number of ether oxygens (including phenoxy) is 1. The Balaban J connectivity index is 2.79. The third kappa shape index (κ3) is 3.51. The number of nitrogens with zero attached hydrogens (tertiary/aromatic N) is 1. The average Bonchev–Trinajstić information content (AvgIpc) is 2.20. The summed E-state index contributed by atoms with van der Waals surface area (Å²) >= 11 is 0. The molecule has 0 aliphatic rings. The molecule has 0 aliphatic carbocycles. The van der Waals surface area contributed by atoms with E-state index < -0.39 is 0 Å². The van der Waals surface area contributed by atoms with Crippen molar-refractivity contribution in [3.63, 3.8) is 0 Å². The number of hydrogen-bond donors (Lipinski definition) is 1. The second-order valence-corrected chi connectivity index (χ2v) is 4.33. The fraction of sp³-hybridized carbons (Fsp3) is 0.538. The normalized spacial score (nSPS) is 12.9. The SMILES string of the molecule is CCOc1ccc(C(N)CN(C)C)cc1C. The van der Waals surface area contributed by atoms with Crippen LogP contribution in [0.2, 0.25) is 0 Å². The quantitative estimate of drug-likeness (QED) is 0.827. The van der Waals surface area contributed by atoms with E-state index in [0.29, 0.717) is 6.61 Å². The summed E-state index contributed by atoms with van der Waals surface area (Å²) in [7, 11) is 4.06. The molecule has 0 saturated heterocycles. The van der Waals surface area contributed by atoms with Crippen molar-refractivity contribution in [2.75, 3.05) is 27.2 Å². The van der Waals surface area contributed by atoms with Gasteiger partial charge >= 0.3 is 0 Å². The van der Waals surface area contributed by atoms with E-state index in [1.165, 1.54) is 0 Å². The number of hydrogen-bond acceptors (Lipinski definition) is 3. The van der Waals surface area contributed by atoms with Crippen molar-refractivity contribution in [1.82, 2.24) is 4.90 Å². The molecule has 1 rings (SSSR count). The zero-order valence-corrected chi connectivity index (χ0v) is 10.7. The van der Waals surface area contributed by atoms with Crippen LogP contribution in [0.5, 0.6) is 5.75 Å². The van der Waals surface area contributed by atoms with Crippen LogP contribution in [0, 0.1) is 6.92 Å². The topological polar surface area (TPSA) is 38.5 Å². The van der Waals surface area contributed by atoms with Crippen molar-refractivity contribution < 1.29 is 4.74 Å². The molecule has 1 aromatic rings. The Kier molecular flexibility index (Phi) is 4.77. The van der Waals surface area contributed by atoms with E-state index in [-0.39, 0.29) is 6.04 Å². The maximum atomic E-state index is 6.11. The molecule has 0 spiro atoms. The Labute approximate surface area is 98.2 Å². The van der Waals surface area contributed by atoms with E-state index in [9.17, 15) is 0 Å². The summed E-state index contributed by atoms with van der Waals surface area (Å²) in [5.74, 6) is 0.948. The van der Waals surface area contributed by atoms with E-state index in [2.05, 4.69) is 17.9 Å². The van der Waals surface area contributed by atoms with E-state index in [4.69, 9.17) is 10.5 Å². The highest BCUT2D eigenvalue weighted by Gasteiger charge is 2.09. The predicted molar refractivity (Wildman–Crippen MR) is 67.8 cm³/mol. The first-order chi connectivity index (χ1) is 7.54. The molecule has 16 heavy (non-hydrogen) atoms. The second kappa shape index (κ2) is 5.87. The molecule has 0 aliphatic heterocycles. The molecule has 1 atom stereocenters. The maximum Gasteiger partial charge on any atom is 0.122 e. The highest BCUT2D eigenvalue weighted by molar-refractivity contribution is 5.37. The van der Waals surface area contributed by atoms with Crippen LogP contribution in [0.15, 0.2) is 18.2 Å². The minimum atomic E-state index is 0.0596. The van der Waals surface area contributed by atoms with Gasteiger partial charge in [-0.1, -0.05) is 12.1 Å². The molecular formula is C13H22N2O. The van der Waals surface area contributed by atoms with Gasteiger partial charge in [-0.3, -0.25) is 0 Å². The average molecular weight is 222 g/mol. The summed E-state index contributed by atoms with van der Waals surface area (Å²) in [6, 6.07) is 6.22. The summed E-state index contributed by atoms with van der Waals surface area (Å²) in [5, 5.41) is 0. The number of rotatable bonds is 5. The summed E-state index contributed by atoms with van der Waals surface area (Å²) in [6.45, 7) is 5.60. The summed E-state index contributed by atoms with van der Waals surface area (Å²) in [4.78, 5) is 2.09. The molecule has 3 nitrogen and oxygen atoms in total. The number of nitrogens with two attached hydrogens (primary N) is 1. The maximum absolute atomic E-state index is 6.11. The molecule has 0 fully saturated rings. The lowest BCUT2D eigenvalue weighted by Gasteiger charge is -2.18. The molecule has 0 aromatic heterocycles. The minimum absolute atomic E-state index is 0.0596. The molecule has 2 N–H and O–H groups in total. The highest BCUT2D eigenvalue weighted by atomic mass is 16.5. The Morgan fingerprint density at radius 1 is 1.38 bits per heavy atom. The standard InChI is InChI=1S/C13H22N2O/c1-5-16-13-7-6-11(8-10(13)2)12(14)9-15(3)4/h6-8,12H,5,9,14H2,1-4H3. The Bertz CT molecular complexity index is 337. The largest absolute Gasteiger partial charge is 0.494 e. The zero-order valence-electron chi connectivity index (χ0n) is 10.7. The number of benzene rings is 1. The van der Waals surface area contributed by atoms with Gasteiger partial charge < -0.3 is 15.4 Å². The molecule has 3 heteroatoms. The smallest absolute Gasteiger partial charge is 0.122 e. The minimum Gasteiger partial charge on any atom is -0.494 e.